The third-order valence-electron chi connectivity index (χ3n) is 4.22. The van der Waals surface area contributed by atoms with Crippen molar-refractivity contribution in [3.8, 4) is 17.2 Å². The van der Waals surface area contributed by atoms with Crippen LogP contribution in [-0.4, -0.2) is 41.2 Å². The van der Waals surface area contributed by atoms with Crippen LogP contribution in [-0.2, 0) is 14.8 Å². The maximum atomic E-state index is 12.3. The van der Waals surface area contributed by atoms with E-state index in [0.717, 1.165) is 0 Å². The van der Waals surface area contributed by atoms with Gasteiger partial charge >= 0.3 is 0 Å². The number of carbonyl (C=O) groups excluding carboxylic acids is 1. The van der Waals surface area contributed by atoms with E-state index in [9.17, 15) is 13.2 Å². The van der Waals surface area contributed by atoms with E-state index in [0.29, 0.717) is 34.4 Å². The molecule has 2 aromatic carbocycles. The van der Waals surface area contributed by atoms with E-state index in [-0.39, 0.29) is 17.5 Å². The molecule has 2 rings (SSSR count). The molecule has 0 spiro atoms. The maximum absolute atomic E-state index is 12.3. The Balaban J connectivity index is 2.00. The van der Waals surface area contributed by atoms with Crippen LogP contribution in [0.3, 0.4) is 0 Å². The van der Waals surface area contributed by atoms with E-state index < -0.39 is 15.9 Å². The first-order valence-electron chi connectivity index (χ1n) is 9.16. The van der Waals surface area contributed by atoms with Gasteiger partial charge in [-0.05, 0) is 37.6 Å². The predicted octanol–water partition coefficient (Wildman–Crippen LogP) is 3.45. The largest absolute Gasteiger partial charge is 0.495 e. The Morgan fingerprint density at radius 1 is 1.10 bits per heavy atom. The molecule has 0 aliphatic heterocycles. The summed E-state index contributed by atoms with van der Waals surface area (Å²) >= 11 is 6.05. The number of hydrogen-bond donors (Lipinski definition) is 2. The van der Waals surface area contributed by atoms with Crippen molar-refractivity contribution in [2.24, 2.45) is 0 Å². The average Bonchev–Trinajstić information content (AvgIpc) is 2.73. The van der Waals surface area contributed by atoms with Gasteiger partial charge in [-0.25, -0.2) is 13.1 Å². The minimum Gasteiger partial charge on any atom is -0.495 e. The summed E-state index contributed by atoms with van der Waals surface area (Å²) in [7, 11) is -0.682. The van der Waals surface area contributed by atoms with Crippen molar-refractivity contribution in [1.29, 1.82) is 0 Å². The average molecular weight is 457 g/mol. The lowest BCUT2D eigenvalue weighted by atomic mass is 10.2. The lowest BCUT2D eigenvalue weighted by molar-refractivity contribution is -0.118. The van der Waals surface area contributed by atoms with Crippen molar-refractivity contribution in [2.75, 3.05) is 26.1 Å². The summed E-state index contributed by atoms with van der Waals surface area (Å²) < 4.78 is 42.9. The van der Waals surface area contributed by atoms with Gasteiger partial charge in [-0.15, -0.1) is 0 Å². The molecule has 1 amide bonds. The molecule has 0 saturated heterocycles. The van der Waals surface area contributed by atoms with Crippen molar-refractivity contribution in [3.05, 3.63) is 41.4 Å². The molecule has 0 radical (unpaired) electrons. The van der Waals surface area contributed by atoms with E-state index in [1.165, 1.54) is 44.6 Å². The second kappa shape index (κ2) is 10.5. The van der Waals surface area contributed by atoms with Gasteiger partial charge in [0.25, 0.3) is 5.91 Å². The van der Waals surface area contributed by atoms with Crippen LogP contribution in [0.4, 0.5) is 5.69 Å². The quantitative estimate of drug-likeness (QED) is 0.567. The van der Waals surface area contributed by atoms with Gasteiger partial charge in [0.2, 0.25) is 10.0 Å². The standard InChI is InChI=1S/C20H25ClN2O6S/c1-5-13(2)23-30(25,26)15-8-6-14(7-9-15)29-12-20(24)22-17-11-18(27-3)16(21)10-19(17)28-4/h6-11,13,23H,5,12H2,1-4H3,(H,22,24)/t13-/m0/s1. The molecular formula is C20H25ClN2O6S. The van der Waals surface area contributed by atoms with E-state index in [2.05, 4.69) is 10.0 Å². The van der Waals surface area contributed by atoms with Crippen molar-refractivity contribution < 1.29 is 27.4 Å². The number of benzene rings is 2. The summed E-state index contributed by atoms with van der Waals surface area (Å²) in [6.45, 7) is 3.40. The summed E-state index contributed by atoms with van der Waals surface area (Å²) in [6, 6.07) is 8.73. The number of anilines is 1. The first-order chi connectivity index (χ1) is 14.2. The molecule has 0 aliphatic rings. The third kappa shape index (κ3) is 6.25. The number of rotatable bonds is 10. The fourth-order valence-corrected chi connectivity index (χ4v) is 3.98. The van der Waals surface area contributed by atoms with Gasteiger partial charge in [-0.2, -0.15) is 0 Å². The molecule has 0 fully saturated rings. The minimum atomic E-state index is -3.60. The van der Waals surface area contributed by atoms with Gasteiger partial charge in [0, 0.05) is 18.2 Å². The molecule has 164 valence electrons. The number of nitrogens with one attached hydrogen (secondary N) is 2. The fourth-order valence-electron chi connectivity index (χ4n) is 2.42. The van der Waals surface area contributed by atoms with E-state index in [4.69, 9.17) is 25.8 Å². The Labute approximate surface area is 181 Å². The third-order valence-corrected chi connectivity index (χ3v) is 6.12. The number of halogens is 1. The zero-order chi connectivity index (χ0) is 22.3. The van der Waals surface area contributed by atoms with Crippen molar-refractivity contribution >= 4 is 33.2 Å². The molecule has 2 aromatic rings. The molecule has 0 heterocycles. The number of carbonyl (C=O) groups is 1. The van der Waals surface area contributed by atoms with E-state index in [1.54, 1.807) is 13.0 Å². The van der Waals surface area contributed by atoms with Crippen LogP contribution in [0.5, 0.6) is 17.2 Å². The Morgan fingerprint density at radius 2 is 1.73 bits per heavy atom. The molecule has 0 saturated carbocycles. The summed E-state index contributed by atoms with van der Waals surface area (Å²) in [5, 5.41) is 3.01. The van der Waals surface area contributed by atoms with Gasteiger partial charge in [-0.3, -0.25) is 4.79 Å². The Hall–Kier alpha value is -2.49. The number of ether oxygens (including phenoxy) is 3. The van der Waals surface area contributed by atoms with Crippen molar-refractivity contribution in [3.63, 3.8) is 0 Å². The Morgan fingerprint density at radius 3 is 2.30 bits per heavy atom. The van der Waals surface area contributed by atoms with Gasteiger partial charge in [0.05, 0.1) is 29.8 Å². The van der Waals surface area contributed by atoms with Crippen LogP contribution in [0.25, 0.3) is 0 Å². The van der Waals surface area contributed by atoms with E-state index >= 15 is 0 Å². The van der Waals surface area contributed by atoms with Crippen LogP contribution < -0.4 is 24.2 Å². The molecule has 1 atom stereocenters. The summed E-state index contributed by atoms with van der Waals surface area (Å²) in [4.78, 5) is 12.4. The molecule has 8 nitrogen and oxygen atoms in total. The normalized spacial score (nSPS) is 12.2. The summed E-state index contributed by atoms with van der Waals surface area (Å²) in [5.74, 6) is 0.676. The topological polar surface area (TPSA) is 103 Å². The van der Waals surface area contributed by atoms with Crippen LogP contribution in [0.15, 0.2) is 41.3 Å². The van der Waals surface area contributed by atoms with Crippen molar-refractivity contribution in [1.82, 2.24) is 4.72 Å². The highest BCUT2D eigenvalue weighted by Crippen LogP contribution is 2.35. The molecule has 2 N–H and O–H groups in total. The van der Waals surface area contributed by atoms with Crippen LogP contribution in [0.1, 0.15) is 20.3 Å². The lowest BCUT2D eigenvalue weighted by Crippen LogP contribution is -2.31. The molecular weight excluding hydrogens is 432 g/mol. The molecule has 0 unspecified atom stereocenters. The fraction of sp³-hybridized carbons (Fsp3) is 0.350. The molecule has 0 aromatic heterocycles. The number of hydrogen-bond acceptors (Lipinski definition) is 6. The van der Waals surface area contributed by atoms with Crippen LogP contribution >= 0.6 is 11.6 Å². The molecule has 0 aliphatic carbocycles. The number of methoxy groups -OCH3 is 2. The number of amides is 1. The van der Waals surface area contributed by atoms with Gasteiger partial charge in [0.15, 0.2) is 6.61 Å². The zero-order valence-electron chi connectivity index (χ0n) is 17.2. The highest BCUT2D eigenvalue weighted by atomic mass is 35.5. The first kappa shape index (κ1) is 23.8. The summed E-state index contributed by atoms with van der Waals surface area (Å²) in [6.07, 6.45) is 0.680. The first-order valence-corrected chi connectivity index (χ1v) is 11.0. The second-order valence-corrected chi connectivity index (χ2v) is 8.55. The van der Waals surface area contributed by atoms with Crippen LogP contribution in [0.2, 0.25) is 5.02 Å². The maximum Gasteiger partial charge on any atom is 0.262 e. The van der Waals surface area contributed by atoms with Gasteiger partial charge in [0.1, 0.15) is 17.2 Å². The highest BCUT2D eigenvalue weighted by Gasteiger charge is 2.17. The zero-order valence-corrected chi connectivity index (χ0v) is 18.8. The van der Waals surface area contributed by atoms with Gasteiger partial charge in [-0.1, -0.05) is 18.5 Å². The Kier molecular flexibility index (Phi) is 8.33. The summed E-state index contributed by atoms with van der Waals surface area (Å²) in [5.41, 5.74) is 0.380. The lowest BCUT2D eigenvalue weighted by Gasteiger charge is -2.14. The SMILES string of the molecule is CC[C@H](C)NS(=O)(=O)c1ccc(OCC(=O)Nc2cc(OC)c(Cl)cc2OC)cc1. The molecule has 30 heavy (non-hydrogen) atoms. The monoisotopic (exact) mass is 456 g/mol. The molecule has 0 bridgehead atoms. The van der Waals surface area contributed by atoms with Crippen LogP contribution in [0, 0.1) is 0 Å². The van der Waals surface area contributed by atoms with Crippen molar-refractivity contribution in [2.45, 2.75) is 31.2 Å². The minimum absolute atomic E-state index is 0.123. The Bertz CT molecular complexity index is 980. The van der Waals surface area contributed by atoms with Gasteiger partial charge < -0.3 is 19.5 Å². The predicted molar refractivity (Wildman–Crippen MR) is 115 cm³/mol. The van der Waals surface area contributed by atoms with E-state index in [1.807, 2.05) is 6.92 Å². The molecule has 10 heteroatoms. The second-order valence-electron chi connectivity index (χ2n) is 6.43. The highest BCUT2D eigenvalue weighted by molar-refractivity contribution is 7.89. The smallest absolute Gasteiger partial charge is 0.262 e. The number of sulfonamides is 1.